The van der Waals surface area contributed by atoms with E-state index in [2.05, 4.69) is 16.3 Å². The molecule has 2 aromatic carbocycles. The summed E-state index contributed by atoms with van der Waals surface area (Å²) in [6.45, 7) is 2.39. The van der Waals surface area contributed by atoms with Crippen molar-refractivity contribution in [2.45, 2.75) is 30.7 Å². The van der Waals surface area contributed by atoms with Crippen molar-refractivity contribution in [3.8, 4) is 0 Å². The van der Waals surface area contributed by atoms with Crippen LogP contribution in [0.2, 0.25) is 0 Å². The normalized spacial score (nSPS) is 14.8. The summed E-state index contributed by atoms with van der Waals surface area (Å²) >= 11 is 0. The van der Waals surface area contributed by atoms with Crippen molar-refractivity contribution in [2.75, 3.05) is 23.3 Å². The van der Waals surface area contributed by atoms with Crippen molar-refractivity contribution >= 4 is 27.1 Å². The Bertz CT molecular complexity index is 940. The van der Waals surface area contributed by atoms with Crippen molar-refractivity contribution in [1.29, 1.82) is 0 Å². The average molecular weight is 390 g/mol. The second-order valence-electron chi connectivity index (χ2n) is 6.51. The van der Waals surface area contributed by atoms with E-state index in [1.165, 1.54) is 18.6 Å². The van der Waals surface area contributed by atoms with Gasteiger partial charge in [-0.2, -0.15) is 0 Å². The molecule has 1 aliphatic rings. The number of nitrogens with zero attached hydrogens (tertiary/aromatic N) is 2. The largest absolute Gasteiger partial charge is 0.375 e. The Labute approximate surface area is 158 Å². The highest BCUT2D eigenvalue weighted by Gasteiger charge is 2.20. The molecular formula is C18H22N4O4S. The molecule has 0 saturated carbocycles. The van der Waals surface area contributed by atoms with Gasteiger partial charge in [-0.3, -0.25) is 10.1 Å². The van der Waals surface area contributed by atoms with Gasteiger partial charge >= 0.3 is 0 Å². The van der Waals surface area contributed by atoms with E-state index >= 15 is 0 Å². The summed E-state index contributed by atoms with van der Waals surface area (Å²) in [6, 6.07) is 11.6. The molecule has 8 nitrogen and oxygen atoms in total. The van der Waals surface area contributed by atoms with Gasteiger partial charge in [0.1, 0.15) is 5.69 Å². The van der Waals surface area contributed by atoms with Crippen LogP contribution in [-0.4, -0.2) is 26.4 Å². The number of hydrogen-bond acceptors (Lipinski definition) is 6. The van der Waals surface area contributed by atoms with E-state index < -0.39 is 14.9 Å². The molecule has 0 aliphatic carbocycles. The van der Waals surface area contributed by atoms with Crippen LogP contribution in [0.1, 0.15) is 24.8 Å². The molecule has 1 saturated heterocycles. The third-order valence-electron chi connectivity index (χ3n) is 4.65. The number of para-hydroxylation sites is 1. The lowest BCUT2D eigenvalue weighted by atomic mass is 10.1. The van der Waals surface area contributed by atoms with Gasteiger partial charge in [0, 0.05) is 31.4 Å². The minimum Gasteiger partial charge on any atom is -0.375 e. The summed E-state index contributed by atoms with van der Waals surface area (Å²) in [4.78, 5) is 12.8. The van der Waals surface area contributed by atoms with Crippen molar-refractivity contribution in [2.24, 2.45) is 5.14 Å². The molecule has 0 amide bonds. The van der Waals surface area contributed by atoms with E-state index in [0.717, 1.165) is 43.2 Å². The first-order valence-electron chi connectivity index (χ1n) is 8.74. The van der Waals surface area contributed by atoms with Crippen LogP contribution in [0.4, 0.5) is 17.1 Å². The number of hydrogen-bond donors (Lipinski definition) is 2. The molecular weight excluding hydrogens is 368 g/mol. The first-order valence-corrected chi connectivity index (χ1v) is 10.3. The van der Waals surface area contributed by atoms with E-state index in [9.17, 15) is 18.5 Å². The lowest BCUT2D eigenvalue weighted by Crippen LogP contribution is -2.30. The molecule has 1 aliphatic heterocycles. The second kappa shape index (κ2) is 7.93. The highest BCUT2D eigenvalue weighted by Crippen LogP contribution is 2.29. The maximum atomic E-state index is 11.4. The number of piperidine rings is 1. The highest BCUT2D eigenvalue weighted by atomic mass is 32.2. The van der Waals surface area contributed by atoms with Crippen LogP contribution in [0.5, 0.6) is 0 Å². The fraction of sp³-hybridized carbons (Fsp3) is 0.333. The summed E-state index contributed by atoms with van der Waals surface area (Å²) in [5, 5.41) is 19.5. The molecule has 0 bridgehead atoms. The molecule has 0 atom stereocenters. The maximum Gasteiger partial charge on any atom is 0.293 e. The topological polar surface area (TPSA) is 119 Å². The predicted molar refractivity (Wildman–Crippen MR) is 104 cm³/mol. The van der Waals surface area contributed by atoms with Crippen LogP contribution in [0, 0.1) is 10.1 Å². The van der Waals surface area contributed by atoms with E-state index in [0.29, 0.717) is 6.54 Å². The van der Waals surface area contributed by atoms with Gasteiger partial charge in [-0.15, -0.1) is 0 Å². The third kappa shape index (κ3) is 4.55. The zero-order chi connectivity index (χ0) is 19.4. The molecule has 9 heteroatoms. The molecule has 27 heavy (non-hydrogen) atoms. The Balaban J connectivity index is 1.84. The Hall–Kier alpha value is -2.65. The Morgan fingerprint density at radius 3 is 2.48 bits per heavy atom. The molecule has 144 valence electrons. The molecule has 0 unspecified atom stereocenters. The summed E-state index contributed by atoms with van der Waals surface area (Å²) in [6.07, 6.45) is 3.55. The number of rotatable bonds is 6. The van der Waals surface area contributed by atoms with Gasteiger partial charge in [0.2, 0.25) is 10.0 Å². The zero-order valence-corrected chi connectivity index (χ0v) is 15.6. The zero-order valence-electron chi connectivity index (χ0n) is 14.8. The number of sulfonamides is 1. The van der Waals surface area contributed by atoms with Gasteiger partial charge in [0.25, 0.3) is 5.69 Å². The molecule has 1 fully saturated rings. The van der Waals surface area contributed by atoms with Crippen LogP contribution >= 0.6 is 0 Å². The smallest absolute Gasteiger partial charge is 0.293 e. The number of nitrogens with one attached hydrogen (secondary N) is 1. The monoisotopic (exact) mass is 390 g/mol. The van der Waals surface area contributed by atoms with Crippen LogP contribution < -0.4 is 15.4 Å². The van der Waals surface area contributed by atoms with Gasteiger partial charge in [-0.05, 0) is 43.0 Å². The number of anilines is 2. The second-order valence-corrected chi connectivity index (χ2v) is 8.07. The predicted octanol–water partition coefficient (Wildman–Crippen LogP) is 2.84. The number of nitro groups is 1. The highest BCUT2D eigenvalue weighted by molar-refractivity contribution is 7.89. The summed E-state index contributed by atoms with van der Waals surface area (Å²) in [5.41, 5.74) is 2.08. The summed E-state index contributed by atoms with van der Waals surface area (Å²) in [7, 11) is -4.00. The van der Waals surface area contributed by atoms with E-state index in [1.807, 2.05) is 18.2 Å². The first-order chi connectivity index (χ1) is 12.9. The Kier molecular flexibility index (Phi) is 5.62. The Morgan fingerprint density at radius 1 is 1.11 bits per heavy atom. The lowest BCUT2D eigenvalue weighted by Gasteiger charge is -2.30. The third-order valence-corrected chi connectivity index (χ3v) is 5.56. The van der Waals surface area contributed by atoms with Crippen LogP contribution in [-0.2, 0) is 16.6 Å². The maximum absolute atomic E-state index is 11.4. The molecule has 0 spiro atoms. The van der Waals surface area contributed by atoms with Crippen molar-refractivity contribution in [3.63, 3.8) is 0 Å². The van der Waals surface area contributed by atoms with Crippen molar-refractivity contribution in [3.05, 3.63) is 58.1 Å². The van der Waals surface area contributed by atoms with Crippen LogP contribution in [0.25, 0.3) is 0 Å². The minimum atomic E-state index is -4.00. The lowest BCUT2D eigenvalue weighted by molar-refractivity contribution is -0.384. The molecule has 1 heterocycles. The SMILES string of the molecule is NS(=O)(=O)c1ccc(NCc2ccccc2N2CCCCC2)c([N+](=O)[O-])c1. The van der Waals surface area contributed by atoms with Gasteiger partial charge in [0.05, 0.1) is 9.82 Å². The molecule has 0 aromatic heterocycles. The molecule has 2 aromatic rings. The fourth-order valence-electron chi connectivity index (χ4n) is 3.28. The van der Waals surface area contributed by atoms with Crippen LogP contribution in [0.15, 0.2) is 47.4 Å². The molecule has 3 N–H and O–H groups in total. The van der Waals surface area contributed by atoms with E-state index in [4.69, 9.17) is 5.14 Å². The van der Waals surface area contributed by atoms with Gasteiger partial charge in [-0.1, -0.05) is 18.2 Å². The van der Waals surface area contributed by atoms with E-state index in [1.54, 1.807) is 0 Å². The number of nitro benzene ring substituents is 1. The van der Waals surface area contributed by atoms with Crippen molar-refractivity contribution in [1.82, 2.24) is 0 Å². The Morgan fingerprint density at radius 2 is 1.81 bits per heavy atom. The fourth-order valence-corrected chi connectivity index (χ4v) is 3.82. The quantitative estimate of drug-likeness (QED) is 0.578. The van der Waals surface area contributed by atoms with Gasteiger partial charge in [-0.25, -0.2) is 13.6 Å². The summed E-state index contributed by atoms with van der Waals surface area (Å²) in [5.74, 6) is 0. The number of benzene rings is 2. The number of primary sulfonamides is 1. The summed E-state index contributed by atoms with van der Waals surface area (Å²) < 4.78 is 22.9. The molecule has 0 radical (unpaired) electrons. The van der Waals surface area contributed by atoms with E-state index in [-0.39, 0.29) is 16.3 Å². The van der Waals surface area contributed by atoms with Gasteiger partial charge in [0.15, 0.2) is 0 Å². The van der Waals surface area contributed by atoms with Crippen molar-refractivity contribution < 1.29 is 13.3 Å². The minimum absolute atomic E-state index is 0.251. The standard InChI is InChI=1S/C18H22N4O4S/c19-27(25,26)15-8-9-16(18(12-15)22(23)24)20-13-14-6-2-3-7-17(14)21-10-4-1-5-11-21/h2-3,6-9,12,20H,1,4-5,10-11,13H2,(H2,19,25,26). The van der Waals surface area contributed by atoms with Crippen LogP contribution in [0.3, 0.4) is 0 Å². The number of nitrogens with two attached hydrogens (primary N) is 1. The molecule has 3 rings (SSSR count). The van der Waals surface area contributed by atoms with Gasteiger partial charge < -0.3 is 10.2 Å². The first kappa shape index (κ1) is 19.1. The average Bonchev–Trinajstić information content (AvgIpc) is 2.66.